The molecule has 1 amide bonds. The maximum Gasteiger partial charge on any atom is 0.269 e. The summed E-state index contributed by atoms with van der Waals surface area (Å²) in [5.74, 6) is -0.222. The largest absolute Gasteiger partial charge is 0.391 e. The molecule has 1 aromatic heterocycles. The zero-order valence-electron chi connectivity index (χ0n) is 11.7. The first-order valence-electron chi connectivity index (χ1n) is 6.57. The molecule has 106 valence electrons. The molecule has 2 rings (SSSR count). The quantitative estimate of drug-likeness (QED) is 0.856. The highest BCUT2D eigenvalue weighted by molar-refractivity contribution is 5.92. The summed E-state index contributed by atoms with van der Waals surface area (Å²) in [6, 6.07) is 11.4. The average Bonchev–Trinajstić information content (AvgIpc) is 2.76. The lowest BCUT2D eigenvalue weighted by atomic mass is 10.1. The first-order valence-corrected chi connectivity index (χ1v) is 6.57. The maximum atomic E-state index is 12.0. The third kappa shape index (κ3) is 3.68. The number of carbonyl (C=O) groups is 1. The van der Waals surface area contributed by atoms with Crippen molar-refractivity contribution in [3.8, 4) is 0 Å². The highest BCUT2D eigenvalue weighted by atomic mass is 16.3. The van der Waals surface area contributed by atoms with E-state index >= 15 is 0 Å². The van der Waals surface area contributed by atoms with E-state index < -0.39 is 6.10 Å². The van der Waals surface area contributed by atoms with Crippen molar-refractivity contribution in [3.63, 3.8) is 0 Å². The number of aliphatic hydroxyl groups excluding tert-OH is 1. The molecule has 20 heavy (non-hydrogen) atoms. The van der Waals surface area contributed by atoms with Crippen molar-refractivity contribution in [1.29, 1.82) is 0 Å². The first-order chi connectivity index (χ1) is 9.56. The van der Waals surface area contributed by atoms with Crippen LogP contribution in [0.15, 0.2) is 36.4 Å². The summed E-state index contributed by atoms with van der Waals surface area (Å²) in [4.78, 5) is 12.0. The highest BCUT2D eigenvalue weighted by Crippen LogP contribution is 2.04. The highest BCUT2D eigenvalue weighted by Gasteiger charge is 2.13. The van der Waals surface area contributed by atoms with Crippen LogP contribution in [0.25, 0.3) is 0 Å². The van der Waals surface area contributed by atoms with Crippen LogP contribution in [-0.2, 0) is 13.5 Å². The lowest BCUT2D eigenvalue weighted by Gasteiger charge is -2.12. The molecule has 1 unspecified atom stereocenters. The van der Waals surface area contributed by atoms with Crippen LogP contribution in [0.4, 0.5) is 0 Å². The van der Waals surface area contributed by atoms with Crippen molar-refractivity contribution in [2.75, 3.05) is 6.54 Å². The number of aryl methyl sites for hydroxylation is 2. The standard InChI is InChI=1S/C15H19N3O2/c1-11-8-14(18(2)17-11)15(20)16-10-13(19)9-12-6-4-3-5-7-12/h3-8,13,19H,9-10H2,1-2H3,(H,16,20). The van der Waals surface area contributed by atoms with Crippen molar-refractivity contribution in [2.45, 2.75) is 19.4 Å². The Kier molecular flexibility index (Phi) is 4.53. The van der Waals surface area contributed by atoms with E-state index in [1.807, 2.05) is 37.3 Å². The number of benzene rings is 1. The molecule has 0 aliphatic carbocycles. The molecule has 0 fully saturated rings. The van der Waals surface area contributed by atoms with E-state index in [1.54, 1.807) is 13.1 Å². The van der Waals surface area contributed by atoms with E-state index in [9.17, 15) is 9.90 Å². The zero-order valence-corrected chi connectivity index (χ0v) is 11.7. The van der Waals surface area contributed by atoms with Crippen LogP contribution in [0.2, 0.25) is 0 Å². The summed E-state index contributed by atoms with van der Waals surface area (Å²) < 4.78 is 1.54. The lowest BCUT2D eigenvalue weighted by Crippen LogP contribution is -2.34. The Morgan fingerprint density at radius 3 is 2.70 bits per heavy atom. The maximum absolute atomic E-state index is 12.0. The number of hydrogen-bond acceptors (Lipinski definition) is 3. The molecule has 0 bridgehead atoms. The Hall–Kier alpha value is -2.14. The topological polar surface area (TPSA) is 67.2 Å². The van der Waals surface area contributed by atoms with Crippen LogP contribution in [0.5, 0.6) is 0 Å². The van der Waals surface area contributed by atoms with Gasteiger partial charge in [-0.05, 0) is 18.6 Å². The van der Waals surface area contributed by atoms with Gasteiger partial charge < -0.3 is 10.4 Å². The second-order valence-electron chi connectivity index (χ2n) is 4.85. The minimum absolute atomic E-state index is 0.220. The predicted molar refractivity (Wildman–Crippen MR) is 76.4 cm³/mol. The van der Waals surface area contributed by atoms with Gasteiger partial charge in [0.15, 0.2) is 0 Å². The fourth-order valence-corrected chi connectivity index (χ4v) is 2.08. The molecule has 0 spiro atoms. The molecule has 2 aromatic rings. The fraction of sp³-hybridized carbons (Fsp3) is 0.333. The molecule has 2 N–H and O–H groups in total. The van der Waals surface area contributed by atoms with Crippen LogP contribution in [0.3, 0.4) is 0 Å². The summed E-state index contributed by atoms with van der Waals surface area (Å²) in [7, 11) is 1.72. The number of carbonyl (C=O) groups excluding carboxylic acids is 1. The second-order valence-corrected chi connectivity index (χ2v) is 4.85. The van der Waals surface area contributed by atoms with Gasteiger partial charge in [-0.2, -0.15) is 5.10 Å². The van der Waals surface area contributed by atoms with Crippen LogP contribution in [-0.4, -0.2) is 33.4 Å². The first kappa shape index (κ1) is 14.3. The van der Waals surface area contributed by atoms with Gasteiger partial charge in [0.2, 0.25) is 0 Å². The average molecular weight is 273 g/mol. The van der Waals surface area contributed by atoms with Gasteiger partial charge in [-0.3, -0.25) is 9.48 Å². The smallest absolute Gasteiger partial charge is 0.269 e. The monoisotopic (exact) mass is 273 g/mol. The number of hydrogen-bond donors (Lipinski definition) is 2. The molecule has 0 aliphatic heterocycles. The molecule has 0 saturated heterocycles. The van der Waals surface area contributed by atoms with E-state index in [-0.39, 0.29) is 12.5 Å². The molecule has 0 radical (unpaired) electrons. The van der Waals surface area contributed by atoms with Gasteiger partial charge in [0.25, 0.3) is 5.91 Å². The fourth-order valence-electron chi connectivity index (χ4n) is 2.08. The number of nitrogens with zero attached hydrogens (tertiary/aromatic N) is 2. The van der Waals surface area contributed by atoms with Crippen molar-refractivity contribution < 1.29 is 9.90 Å². The van der Waals surface area contributed by atoms with Crippen LogP contribution >= 0.6 is 0 Å². The summed E-state index contributed by atoms with van der Waals surface area (Å²) in [6.07, 6.45) is -0.0818. The Morgan fingerprint density at radius 1 is 1.40 bits per heavy atom. The Morgan fingerprint density at radius 2 is 2.10 bits per heavy atom. The number of amides is 1. The van der Waals surface area contributed by atoms with Crippen molar-refractivity contribution in [2.24, 2.45) is 7.05 Å². The molecular formula is C15H19N3O2. The van der Waals surface area contributed by atoms with E-state index in [2.05, 4.69) is 10.4 Å². The van der Waals surface area contributed by atoms with Gasteiger partial charge >= 0.3 is 0 Å². The number of rotatable bonds is 5. The Balaban J connectivity index is 1.86. The van der Waals surface area contributed by atoms with Gasteiger partial charge in [-0.25, -0.2) is 0 Å². The molecule has 1 heterocycles. The predicted octanol–water partition coefficient (Wildman–Crippen LogP) is 1.06. The second kappa shape index (κ2) is 6.34. The molecular weight excluding hydrogens is 254 g/mol. The summed E-state index contributed by atoms with van der Waals surface area (Å²) in [5, 5.41) is 16.8. The van der Waals surface area contributed by atoms with Gasteiger partial charge in [0.05, 0.1) is 11.8 Å². The van der Waals surface area contributed by atoms with Gasteiger partial charge in [-0.15, -0.1) is 0 Å². The minimum atomic E-state index is -0.601. The molecule has 0 saturated carbocycles. The molecule has 1 atom stereocenters. The normalized spacial score (nSPS) is 12.2. The van der Waals surface area contributed by atoms with E-state index in [4.69, 9.17) is 0 Å². The van der Waals surface area contributed by atoms with Crippen LogP contribution < -0.4 is 5.32 Å². The Bertz CT molecular complexity index is 578. The van der Waals surface area contributed by atoms with E-state index in [0.29, 0.717) is 12.1 Å². The van der Waals surface area contributed by atoms with Crippen molar-refractivity contribution in [3.05, 3.63) is 53.3 Å². The summed E-state index contributed by atoms with van der Waals surface area (Å²) in [6.45, 7) is 2.05. The minimum Gasteiger partial charge on any atom is -0.391 e. The van der Waals surface area contributed by atoms with Crippen molar-refractivity contribution >= 4 is 5.91 Å². The van der Waals surface area contributed by atoms with Gasteiger partial charge in [-0.1, -0.05) is 30.3 Å². The number of aliphatic hydroxyl groups is 1. The van der Waals surface area contributed by atoms with Crippen LogP contribution in [0.1, 0.15) is 21.7 Å². The summed E-state index contributed by atoms with van der Waals surface area (Å²) in [5.41, 5.74) is 2.34. The van der Waals surface area contributed by atoms with Gasteiger partial charge in [0.1, 0.15) is 5.69 Å². The molecule has 5 nitrogen and oxygen atoms in total. The SMILES string of the molecule is Cc1cc(C(=O)NCC(O)Cc2ccccc2)n(C)n1. The van der Waals surface area contributed by atoms with Gasteiger partial charge in [0, 0.05) is 20.0 Å². The van der Waals surface area contributed by atoms with E-state index in [0.717, 1.165) is 11.3 Å². The van der Waals surface area contributed by atoms with E-state index in [1.165, 1.54) is 4.68 Å². The third-order valence-corrected chi connectivity index (χ3v) is 3.05. The number of nitrogens with one attached hydrogen (secondary N) is 1. The van der Waals surface area contributed by atoms with Crippen LogP contribution in [0, 0.1) is 6.92 Å². The zero-order chi connectivity index (χ0) is 14.5. The lowest BCUT2D eigenvalue weighted by molar-refractivity contribution is 0.0906. The summed E-state index contributed by atoms with van der Waals surface area (Å²) >= 11 is 0. The molecule has 5 heteroatoms. The Labute approximate surface area is 118 Å². The third-order valence-electron chi connectivity index (χ3n) is 3.05. The molecule has 1 aromatic carbocycles. The van der Waals surface area contributed by atoms with Crippen molar-refractivity contribution in [1.82, 2.24) is 15.1 Å². The molecule has 0 aliphatic rings. The number of aromatic nitrogens is 2.